The van der Waals surface area contributed by atoms with E-state index in [9.17, 15) is 4.39 Å². The zero-order chi connectivity index (χ0) is 8.97. The molecule has 0 spiro atoms. The van der Waals surface area contributed by atoms with Gasteiger partial charge >= 0.3 is 0 Å². The van der Waals surface area contributed by atoms with Gasteiger partial charge in [0.15, 0.2) is 0 Å². The van der Waals surface area contributed by atoms with Crippen LogP contribution in [0.2, 0.25) is 0 Å². The molecule has 0 N–H and O–H groups in total. The van der Waals surface area contributed by atoms with E-state index in [1.807, 2.05) is 13.0 Å². The molecule has 0 heterocycles. The van der Waals surface area contributed by atoms with Gasteiger partial charge in [0.25, 0.3) is 0 Å². The van der Waals surface area contributed by atoms with Gasteiger partial charge in [0, 0.05) is 10.1 Å². The second-order valence-corrected chi connectivity index (χ2v) is 3.91. The van der Waals surface area contributed by atoms with Crippen molar-refractivity contribution in [3.8, 4) is 0 Å². The summed E-state index contributed by atoms with van der Waals surface area (Å²) in [5.74, 6) is -0.156. The lowest BCUT2D eigenvalue weighted by Gasteiger charge is -2.05. The summed E-state index contributed by atoms with van der Waals surface area (Å²) in [7, 11) is 0. The Bertz CT molecular complexity index is 270. The molecule has 64 valence electrons. The number of rotatable bonds is 3. The highest BCUT2D eigenvalue weighted by molar-refractivity contribution is 8.00. The third-order valence-electron chi connectivity index (χ3n) is 1.48. The topological polar surface area (TPSA) is 0 Å². The molecular weight excluding hydrogens is 171 g/mol. The molecule has 1 aromatic carbocycles. The number of hydrogen-bond acceptors (Lipinski definition) is 1. The van der Waals surface area contributed by atoms with Gasteiger partial charge in [-0.05, 0) is 19.1 Å². The van der Waals surface area contributed by atoms with Crippen LogP contribution >= 0.6 is 11.8 Å². The Morgan fingerprint density at radius 1 is 1.50 bits per heavy atom. The van der Waals surface area contributed by atoms with Crippen molar-refractivity contribution in [1.82, 2.24) is 0 Å². The SMILES string of the molecule is C=CC(C)Sc1ccccc1F. The average molecular weight is 182 g/mol. The predicted octanol–water partition coefficient (Wildman–Crippen LogP) is 3.49. The Morgan fingerprint density at radius 2 is 2.17 bits per heavy atom. The summed E-state index contributed by atoms with van der Waals surface area (Å²) in [5.41, 5.74) is 0. The molecule has 0 nitrogen and oxygen atoms in total. The van der Waals surface area contributed by atoms with Crippen LogP contribution in [0.3, 0.4) is 0 Å². The van der Waals surface area contributed by atoms with E-state index in [1.54, 1.807) is 18.2 Å². The summed E-state index contributed by atoms with van der Waals surface area (Å²) in [5, 5.41) is 0.252. The molecule has 0 amide bonds. The predicted molar refractivity (Wildman–Crippen MR) is 51.9 cm³/mol. The number of thioether (sulfide) groups is 1. The van der Waals surface area contributed by atoms with Crippen LogP contribution in [-0.4, -0.2) is 5.25 Å². The van der Waals surface area contributed by atoms with Gasteiger partial charge < -0.3 is 0 Å². The van der Waals surface area contributed by atoms with Gasteiger partial charge in [-0.25, -0.2) is 4.39 Å². The molecule has 0 fully saturated rings. The summed E-state index contributed by atoms with van der Waals surface area (Å²) < 4.78 is 13.0. The third-order valence-corrected chi connectivity index (χ3v) is 2.63. The van der Waals surface area contributed by atoms with Crippen molar-refractivity contribution in [3.05, 3.63) is 42.7 Å². The fourth-order valence-electron chi connectivity index (χ4n) is 0.789. The molecule has 12 heavy (non-hydrogen) atoms. The Morgan fingerprint density at radius 3 is 2.75 bits per heavy atom. The summed E-state index contributed by atoms with van der Waals surface area (Å²) in [6, 6.07) is 6.78. The highest BCUT2D eigenvalue weighted by Gasteiger charge is 2.03. The molecule has 0 aromatic heterocycles. The van der Waals surface area contributed by atoms with Crippen LogP contribution in [-0.2, 0) is 0 Å². The van der Waals surface area contributed by atoms with Gasteiger partial charge in [0.05, 0.1) is 0 Å². The standard InChI is InChI=1S/C10H11FS/c1-3-8(2)12-10-7-5-4-6-9(10)11/h3-8H,1H2,2H3. The first kappa shape index (κ1) is 9.33. The zero-order valence-corrected chi connectivity index (χ0v) is 7.77. The molecule has 1 atom stereocenters. The fourth-order valence-corrected chi connectivity index (χ4v) is 1.62. The second-order valence-electron chi connectivity index (χ2n) is 2.49. The van der Waals surface area contributed by atoms with Gasteiger partial charge in [-0.15, -0.1) is 18.3 Å². The summed E-state index contributed by atoms with van der Waals surface area (Å²) >= 11 is 1.48. The van der Waals surface area contributed by atoms with E-state index in [4.69, 9.17) is 0 Å². The van der Waals surface area contributed by atoms with E-state index in [2.05, 4.69) is 6.58 Å². The van der Waals surface area contributed by atoms with Crippen LogP contribution in [0.5, 0.6) is 0 Å². The first-order valence-electron chi connectivity index (χ1n) is 3.78. The van der Waals surface area contributed by atoms with Gasteiger partial charge in [-0.3, -0.25) is 0 Å². The molecule has 0 bridgehead atoms. The fraction of sp³-hybridized carbons (Fsp3) is 0.200. The van der Waals surface area contributed by atoms with Crippen molar-refractivity contribution < 1.29 is 4.39 Å². The Balaban J connectivity index is 2.75. The van der Waals surface area contributed by atoms with E-state index >= 15 is 0 Å². The van der Waals surface area contributed by atoms with Gasteiger partial charge in [-0.2, -0.15) is 0 Å². The lowest BCUT2D eigenvalue weighted by atomic mass is 10.3. The maximum Gasteiger partial charge on any atom is 0.136 e. The molecule has 1 unspecified atom stereocenters. The molecule has 0 aliphatic carbocycles. The van der Waals surface area contributed by atoms with Crippen LogP contribution in [0, 0.1) is 5.82 Å². The minimum Gasteiger partial charge on any atom is -0.206 e. The average Bonchev–Trinajstić information content (AvgIpc) is 2.09. The Kier molecular flexibility index (Phi) is 3.35. The minimum absolute atomic E-state index is 0.156. The van der Waals surface area contributed by atoms with Gasteiger partial charge in [0.2, 0.25) is 0 Å². The Labute approximate surface area is 76.5 Å². The lowest BCUT2D eigenvalue weighted by molar-refractivity contribution is 0.602. The van der Waals surface area contributed by atoms with E-state index in [0.717, 1.165) is 0 Å². The summed E-state index contributed by atoms with van der Waals surface area (Å²) in [6.45, 7) is 5.63. The first-order valence-corrected chi connectivity index (χ1v) is 4.65. The normalized spacial score (nSPS) is 12.5. The maximum absolute atomic E-state index is 13.0. The number of hydrogen-bond donors (Lipinski definition) is 0. The first-order chi connectivity index (χ1) is 5.74. The van der Waals surface area contributed by atoms with Crippen LogP contribution in [0.15, 0.2) is 41.8 Å². The smallest absolute Gasteiger partial charge is 0.136 e. The molecular formula is C10H11FS. The molecule has 2 heteroatoms. The molecule has 0 aliphatic heterocycles. The number of benzene rings is 1. The van der Waals surface area contributed by atoms with Gasteiger partial charge in [-0.1, -0.05) is 18.2 Å². The van der Waals surface area contributed by atoms with Crippen molar-refractivity contribution in [3.63, 3.8) is 0 Å². The number of halogens is 1. The molecule has 0 saturated carbocycles. The third kappa shape index (κ3) is 2.38. The van der Waals surface area contributed by atoms with E-state index in [-0.39, 0.29) is 11.1 Å². The van der Waals surface area contributed by atoms with Crippen LogP contribution in [0.1, 0.15) is 6.92 Å². The van der Waals surface area contributed by atoms with Gasteiger partial charge in [0.1, 0.15) is 5.82 Å². The van der Waals surface area contributed by atoms with Crippen molar-refractivity contribution in [1.29, 1.82) is 0 Å². The highest BCUT2D eigenvalue weighted by atomic mass is 32.2. The Hall–Kier alpha value is -0.760. The largest absolute Gasteiger partial charge is 0.206 e. The molecule has 0 saturated heterocycles. The van der Waals surface area contributed by atoms with Crippen molar-refractivity contribution in [2.45, 2.75) is 17.1 Å². The molecule has 0 radical (unpaired) electrons. The van der Waals surface area contributed by atoms with E-state index in [0.29, 0.717) is 4.90 Å². The molecule has 0 aliphatic rings. The van der Waals surface area contributed by atoms with Crippen molar-refractivity contribution >= 4 is 11.8 Å². The highest BCUT2D eigenvalue weighted by Crippen LogP contribution is 2.25. The maximum atomic E-state index is 13.0. The zero-order valence-electron chi connectivity index (χ0n) is 6.96. The summed E-state index contributed by atoms with van der Waals surface area (Å²) in [4.78, 5) is 0.685. The van der Waals surface area contributed by atoms with Crippen molar-refractivity contribution in [2.24, 2.45) is 0 Å². The lowest BCUT2D eigenvalue weighted by Crippen LogP contribution is -1.90. The van der Waals surface area contributed by atoms with E-state index in [1.165, 1.54) is 17.8 Å². The monoisotopic (exact) mass is 182 g/mol. The minimum atomic E-state index is -0.156. The molecule has 1 rings (SSSR count). The summed E-state index contributed by atoms with van der Waals surface area (Å²) in [6.07, 6.45) is 1.80. The van der Waals surface area contributed by atoms with E-state index < -0.39 is 0 Å². The van der Waals surface area contributed by atoms with Crippen LogP contribution in [0.4, 0.5) is 4.39 Å². The second kappa shape index (κ2) is 4.31. The quantitative estimate of drug-likeness (QED) is 0.509. The van der Waals surface area contributed by atoms with Crippen LogP contribution < -0.4 is 0 Å². The van der Waals surface area contributed by atoms with Crippen molar-refractivity contribution in [2.75, 3.05) is 0 Å². The molecule has 1 aromatic rings. The van der Waals surface area contributed by atoms with Crippen LogP contribution in [0.25, 0.3) is 0 Å².